The number of carbonyl (C=O) groups excluding carboxylic acids is 1. The summed E-state index contributed by atoms with van der Waals surface area (Å²) in [6.45, 7) is 10.1. The fourth-order valence-electron chi connectivity index (χ4n) is 6.47. The Labute approximate surface area is 283 Å². The van der Waals surface area contributed by atoms with Crippen LogP contribution in [0.15, 0.2) is 35.4 Å². The number of pyridine rings is 1. The molecule has 48 heavy (non-hydrogen) atoms. The quantitative estimate of drug-likeness (QED) is 0.222. The molecule has 1 saturated heterocycles. The van der Waals surface area contributed by atoms with Crippen LogP contribution in [0.1, 0.15) is 83.5 Å². The maximum Gasteiger partial charge on any atom is 0.410 e. The van der Waals surface area contributed by atoms with Crippen molar-refractivity contribution in [3.8, 4) is 22.7 Å². The lowest BCUT2D eigenvalue weighted by Gasteiger charge is -2.44. The summed E-state index contributed by atoms with van der Waals surface area (Å²) in [4.78, 5) is 50.2. The van der Waals surface area contributed by atoms with E-state index in [-0.39, 0.29) is 45.8 Å². The fraction of sp³-hybridized carbons (Fsp3) is 0.486. The molecule has 4 aromatic rings. The van der Waals surface area contributed by atoms with E-state index in [1.807, 2.05) is 39.5 Å². The van der Waals surface area contributed by atoms with Gasteiger partial charge in [-0.1, -0.05) is 11.6 Å². The molecule has 3 aliphatic rings. The summed E-state index contributed by atoms with van der Waals surface area (Å²) in [5, 5.41) is 0.703. The molecule has 0 spiro atoms. The van der Waals surface area contributed by atoms with Crippen molar-refractivity contribution in [1.29, 1.82) is 0 Å². The number of aromatic nitrogens is 5. The number of piperazine rings is 1. The highest BCUT2D eigenvalue weighted by Gasteiger charge is 2.39. The van der Waals surface area contributed by atoms with E-state index in [1.165, 1.54) is 29.9 Å². The molecule has 0 N–H and O–H groups in total. The summed E-state index contributed by atoms with van der Waals surface area (Å²) in [5.74, 6) is 0.692. The average Bonchev–Trinajstić information content (AvgIpc) is 3.95. The molecule has 1 aliphatic heterocycles. The van der Waals surface area contributed by atoms with Gasteiger partial charge in [0, 0.05) is 42.6 Å². The minimum absolute atomic E-state index is 0.140. The Morgan fingerprint density at radius 3 is 2.25 bits per heavy atom. The van der Waals surface area contributed by atoms with Crippen molar-refractivity contribution in [2.45, 2.75) is 89.8 Å². The molecule has 1 amide bonds. The smallest absolute Gasteiger partial charge is 0.410 e. The van der Waals surface area contributed by atoms with Gasteiger partial charge in [-0.15, -0.1) is 0 Å². The normalized spacial score (nSPS) is 19.9. The number of rotatable bonds is 6. The molecule has 0 radical (unpaired) electrons. The van der Waals surface area contributed by atoms with E-state index >= 15 is 4.39 Å². The van der Waals surface area contributed by atoms with Gasteiger partial charge >= 0.3 is 11.8 Å². The van der Waals surface area contributed by atoms with E-state index in [9.17, 15) is 9.59 Å². The number of fused-ring (bicyclic) bond motifs is 1. The Balaban J connectivity index is 1.44. The largest absolute Gasteiger partial charge is 0.497 e. The van der Waals surface area contributed by atoms with Crippen LogP contribution in [0.5, 0.6) is 5.75 Å². The Morgan fingerprint density at radius 2 is 1.65 bits per heavy atom. The molecule has 0 unspecified atom stereocenters. The maximum atomic E-state index is 15.4. The van der Waals surface area contributed by atoms with Crippen LogP contribution in [0.3, 0.4) is 0 Å². The maximum absolute atomic E-state index is 15.4. The Hall–Kier alpha value is -4.32. The molecule has 2 aliphatic carbocycles. The highest BCUT2D eigenvalue weighted by atomic mass is 35.5. The van der Waals surface area contributed by atoms with Crippen LogP contribution >= 0.6 is 11.6 Å². The molecule has 7 rings (SSSR count). The number of ether oxygens (including phenoxy) is 2. The van der Waals surface area contributed by atoms with Gasteiger partial charge in [0.15, 0.2) is 5.65 Å². The molecule has 252 valence electrons. The second-order valence-corrected chi connectivity index (χ2v) is 14.5. The molecule has 11 nitrogen and oxygen atoms in total. The summed E-state index contributed by atoms with van der Waals surface area (Å²) < 4.78 is 28.0. The first kappa shape index (κ1) is 32.2. The summed E-state index contributed by atoms with van der Waals surface area (Å²) in [6.07, 6.45) is 5.03. The number of halogens is 2. The lowest BCUT2D eigenvalue weighted by Crippen LogP contribution is -2.59. The van der Waals surface area contributed by atoms with Crippen LogP contribution in [0, 0.1) is 5.82 Å². The second kappa shape index (κ2) is 12.0. The summed E-state index contributed by atoms with van der Waals surface area (Å²) >= 11 is 6.93. The summed E-state index contributed by atoms with van der Waals surface area (Å²) in [6, 6.07) is 5.57. The third-order valence-corrected chi connectivity index (χ3v) is 9.43. The van der Waals surface area contributed by atoms with Gasteiger partial charge < -0.3 is 19.3 Å². The number of hydrogen-bond donors (Lipinski definition) is 0. The lowest BCUT2D eigenvalue weighted by molar-refractivity contribution is 0.0130. The number of nitrogens with zero attached hydrogens (tertiary/aromatic N) is 7. The standard InChI is InChI=1S/C35H39ClFN7O4/c1-18-16-43(34(46)48-35(3,4)5)19(2)15-42(18)31-24-14-25(36)29(23-13-22(47-6)11-12-26(23)37)40-32(24)44(33(45)41-31)30-27(20-7-8-20)38-17-39-28(30)21-9-10-21/h11-14,17-21H,7-10,15-16H2,1-6H3/t18-,19+/m0/s1. The SMILES string of the molecule is COc1ccc(F)c(-c2nc3c(cc2Cl)c(N2C[C@@H](C)N(C(=O)OC(C)(C)C)C[C@@H]2C)nc(=O)n3-c2c(C3CC3)ncnc2C2CC2)c1. The Morgan fingerprint density at radius 1 is 0.979 bits per heavy atom. The predicted molar refractivity (Wildman–Crippen MR) is 181 cm³/mol. The molecule has 13 heteroatoms. The zero-order valence-corrected chi connectivity index (χ0v) is 28.7. The van der Waals surface area contributed by atoms with Crippen molar-refractivity contribution in [1.82, 2.24) is 29.4 Å². The fourth-order valence-corrected chi connectivity index (χ4v) is 6.72. The average molecular weight is 676 g/mol. The monoisotopic (exact) mass is 675 g/mol. The third-order valence-electron chi connectivity index (χ3n) is 9.15. The minimum atomic E-state index is -0.637. The molecule has 3 fully saturated rings. The van der Waals surface area contributed by atoms with Gasteiger partial charge in [0.25, 0.3) is 0 Å². The highest BCUT2D eigenvalue weighted by Crippen LogP contribution is 2.48. The summed E-state index contributed by atoms with van der Waals surface area (Å²) in [5.41, 5.74) is 1.60. The number of carbonyl (C=O) groups is 1. The van der Waals surface area contributed by atoms with Gasteiger partial charge in [0.05, 0.1) is 40.3 Å². The van der Waals surface area contributed by atoms with Crippen molar-refractivity contribution in [3.63, 3.8) is 0 Å². The van der Waals surface area contributed by atoms with Crippen LogP contribution < -0.4 is 15.3 Å². The zero-order valence-electron chi connectivity index (χ0n) is 28.0. The van der Waals surface area contributed by atoms with E-state index in [0.29, 0.717) is 35.7 Å². The van der Waals surface area contributed by atoms with E-state index in [1.54, 1.807) is 17.3 Å². The van der Waals surface area contributed by atoms with Crippen molar-refractivity contribution >= 4 is 34.5 Å². The molecular formula is C35H39ClFN7O4. The van der Waals surface area contributed by atoms with E-state index in [4.69, 9.17) is 31.0 Å². The predicted octanol–water partition coefficient (Wildman–Crippen LogP) is 6.63. The Bertz CT molecular complexity index is 1960. The number of benzene rings is 1. The van der Waals surface area contributed by atoms with Crippen molar-refractivity contribution in [3.05, 3.63) is 63.3 Å². The van der Waals surface area contributed by atoms with E-state index < -0.39 is 23.2 Å². The first-order valence-corrected chi connectivity index (χ1v) is 16.8. The van der Waals surface area contributed by atoms with Crippen LogP contribution in [0.4, 0.5) is 15.0 Å². The molecule has 2 atom stereocenters. The minimum Gasteiger partial charge on any atom is -0.497 e. The van der Waals surface area contributed by atoms with Gasteiger partial charge in [-0.2, -0.15) is 4.98 Å². The molecule has 2 saturated carbocycles. The van der Waals surface area contributed by atoms with Crippen LogP contribution in [-0.2, 0) is 4.74 Å². The highest BCUT2D eigenvalue weighted by molar-refractivity contribution is 6.34. The lowest BCUT2D eigenvalue weighted by atomic mass is 10.1. The number of amides is 1. The van der Waals surface area contributed by atoms with Gasteiger partial charge in [-0.25, -0.2) is 33.5 Å². The molecule has 3 aromatic heterocycles. The Kier molecular flexibility index (Phi) is 8.04. The van der Waals surface area contributed by atoms with Gasteiger partial charge in [0.1, 0.15) is 29.3 Å². The molecule has 4 heterocycles. The van der Waals surface area contributed by atoms with Crippen LogP contribution in [0.25, 0.3) is 28.0 Å². The number of methoxy groups -OCH3 is 1. The third kappa shape index (κ3) is 5.95. The molecule has 1 aromatic carbocycles. The summed E-state index contributed by atoms with van der Waals surface area (Å²) in [7, 11) is 1.50. The number of anilines is 1. The number of hydrogen-bond acceptors (Lipinski definition) is 9. The first-order valence-electron chi connectivity index (χ1n) is 16.4. The van der Waals surface area contributed by atoms with E-state index in [0.717, 1.165) is 37.1 Å². The first-order chi connectivity index (χ1) is 22.8. The second-order valence-electron chi connectivity index (χ2n) is 14.1. The van der Waals surface area contributed by atoms with Crippen LogP contribution in [-0.4, -0.2) is 73.4 Å². The van der Waals surface area contributed by atoms with E-state index in [2.05, 4.69) is 9.97 Å². The van der Waals surface area contributed by atoms with Crippen molar-refractivity contribution in [2.75, 3.05) is 25.1 Å². The topological polar surface area (TPSA) is 116 Å². The van der Waals surface area contributed by atoms with Crippen molar-refractivity contribution in [2.24, 2.45) is 0 Å². The molecule has 0 bridgehead atoms. The van der Waals surface area contributed by atoms with Crippen molar-refractivity contribution < 1.29 is 18.7 Å². The van der Waals surface area contributed by atoms with Gasteiger partial charge in [-0.3, -0.25) is 0 Å². The van der Waals surface area contributed by atoms with Gasteiger partial charge in [0.2, 0.25) is 0 Å². The van der Waals surface area contributed by atoms with Crippen LogP contribution in [0.2, 0.25) is 5.02 Å². The zero-order chi connectivity index (χ0) is 34.1. The van der Waals surface area contributed by atoms with Gasteiger partial charge in [-0.05, 0) is 84.6 Å². The molecular weight excluding hydrogens is 637 g/mol.